The standard InChI is InChI=1S/C20H29N3O2S2/c1-3-5-8-12-23-19(25)17-14-9-6-7-10-15(14)27-18(17)22-20(23)26-13-16(24)21-11-4-2/h3-13H2,1-2H3,(H,21,24). The van der Waals surface area contributed by atoms with Crippen molar-refractivity contribution < 1.29 is 4.79 Å². The van der Waals surface area contributed by atoms with Gasteiger partial charge in [-0.3, -0.25) is 14.2 Å². The number of carbonyl (C=O) groups excluding carboxylic acids is 1. The van der Waals surface area contributed by atoms with E-state index in [1.54, 1.807) is 11.3 Å². The van der Waals surface area contributed by atoms with Gasteiger partial charge < -0.3 is 5.32 Å². The summed E-state index contributed by atoms with van der Waals surface area (Å²) in [7, 11) is 0. The van der Waals surface area contributed by atoms with Gasteiger partial charge >= 0.3 is 0 Å². The molecule has 0 bridgehead atoms. The van der Waals surface area contributed by atoms with E-state index in [4.69, 9.17) is 4.98 Å². The van der Waals surface area contributed by atoms with E-state index >= 15 is 0 Å². The molecule has 0 spiro atoms. The number of fused-ring (bicyclic) bond motifs is 3. The number of aromatic nitrogens is 2. The molecule has 1 aliphatic rings. The topological polar surface area (TPSA) is 64.0 Å². The minimum atomic E-state index is 0.00165. The van der Waals surface area contributed by atoms with Crippen LogP contribution in [-0.2, 0) is 24.2 Å². The summed E-state index contributed by atoms with van der Waals surface area (Å²) in [5.74, 6) is 0.304. The Balaban J connectivity index is 1.93. The van der Waals surface area contributed by atoms with Crippen molar-refractivity contribution in [1.82, 2.24) is 14.9 Å². The molecule has 0 unspecified atom stereocenters. The van der Waals surface area contributed by atoms with Crippen LogP contribution >= 0.6 is 23.1 Å². The minimum Gasteiger partial charge on any atom is -0.355 e. The Bertz CT molecular complexity index is 857. The molecule has 0 aromatic carbocycles. The lowest BCUT2D eigenvalue weighted by molar-refractivity contribution is -0.118. The van der Waals surface area contributed by atoms with Crippen LogP contribution in [0.3, 0.4) is 0 Å². The van der Waals surface area contributed by atoms with Crippen molar-refractivity contribution >= 4 is 39.2 Å². The highest BCUT2D eigenvalue weighted by Gasteiger charge is 2.22. The van der Waals surface area contributed by atoms with Crippen LogP contribution in [0.1, 0.15) is 62.8 Å². The Kier molecular flexibility index (Phi) is 7.35. The molecule has 1 N–H and O–H groups in total. The van der Waals surface area contributed by atoms with Gasteiger partial charge in [0.15, 0.2) is 5.16 Å². The lowest BCUT2D eigenvalue weighted by atomic mass is 9.97. The molecule has 5 nitrogen and oxygen atoms in total. The van der Waals surface area contributed by atoms with E-state index in [9.17, 15) is 9.59 Å². The third-order valence-corrected chi connectivity index (χ3v) is 7.09. The van der Waals surface area contributed by atoms with Gasteiger partial charge in [0.2, 0.25) is 5.91 Å². The van der Waals surface area contributed by atoms with Crippen LogP contribution in [0.5, 0.6) is 0 Å². The molecule has 1 amide bonds. The van der Waals surface area contributed by atoms with Gasteiger partial charge in [0.1, 0.15) is 4.83 Å². The lowest BCUT2D eigenvalue weighted by Crippen LogP contribution is -2.27. The van der Waals surface area contributed by atoms with Crippen molar-refractivity contribution in [3.05, 3.63) is 20.8 Å². The van der Waals surface area contributed by atoms with E-state index in [1.807, 2.05) is 11.5 Å². The summed E-state index contributed by atoms with van der Waals surface area (Å²) in [6.45, 7) is 5.56. The SMILES string of the molecule is CCCCCn1c(SCC(=O)NCCC)nc2sc3c(c2c1=O)CCCC3. The number of rotatable bonds is 9. The lowest BCUT2D eigenvalue weighted by Gasteiger charge is -2.13. The van der Waals surface area contributed by atoms with Crippen LogP contribution < -0.4 is 10.9 Å². The monoisotopic (exact) mass is 407 g/mol. The zero-order chi connectivity index (χ0) is 19.2. The number of hydrogen-bond acceptors (Lipinski definition) is 5. The number of carbonyl (C=O) groups is 1. The molecule has 3 rings (SSSR count). The summed E-state index contributed by atoms with van der Waals surface area (Å²) in [6.07, 6.45) is 8.49. The van der Waals surface area contributed by atoms with Crippen molar-refractivity contribution in [2.24, 2.45) is 0 Å². The van der Waals surface area contributed by atoms with E-state index in [1.165, 1.54) is 28.6 Å². The molecule has 27 heavy (non-hydrogen) atoms. The highest BCUT2D eigenvalue weighted by Crippen LogP contribution is 2.34. The smallest absolute Gasteiger partial charge is 0.263 e. The summed E-state index contributed by atoms with van der Waals surface area (Å²) in [5, 5.41) is 4.42. The minimum absolute atomic E-state index is 0.00165. The first-order valence-electron chi connectivity index (χ1n) is 10.1. The van der Waals surface area contributed by atoms with E-state index in [-0.39, 0.29) is 11.5 Å². The van der Waals surface area contributed by atoms with Gasteiger partial charge in [0.25, 0.3) is 5.56 Å². The van der Waals surface area contributed by atoms with Gasteiger partial charge in [-0.2, -0.15) is 0 Å². The van der Waals surface area contributed by atoms with Gasteiger partial charge in [0, 0.05) is 18.0 Å². The fourth-order valence-corrected chi connectivity index (χ4v) is 5.65. The number of nitrogens with zero attached hydrogens (tertiary/aromatic N) is 2. The molecule has 7 heteroatoms. The zero-order valence-electron chi connectivity index (χ0n) is 16.3. The van der Waals surface area contributed by atoms with E-state index < -0.39 is 0 Å². The number of hydrogen-bond donors (Lipinski definition) is 1. The van der Waals surface area contributed by atoms with Crippen LogP contribution in [-0.4, -0.2) is 27.8 Å². The molecule has 2 heterocycles. The average Bonchev–Trinajstić information content (AvgIpc) is 3.05. The first-order chi connectivity index (χ1) is 13.2. The first kappa shape index (κ1) is 20.4. The van der Waals surface area contributed by atoms with Crippen LogP contribution in [0.15, 0.2) is 9.95 Å². The predicted octanol–water partition coefficient (Wildman–Crippen LogP) is 4.15. The molecule has 148 valence electrons. The summed E-state index contributed by atoms with van der Waals surface area (Å²) in [5.41, 5.74) is 1.33. The Labute approximate surface area is 169 Å². The van der Waals surface area contributed by atoms with Gasteiger partial charge in [-0.25, -0.2) is 4.98 Å². The van der Waals surface area contributed by atoms with Crippen LogP contribution in [0.25, 0.3) is 10.2 Å². The quantitative estimate of drug-likeness (QED) is 0.385. The fraction of sp³-hybridized carbons (Fsp3) is 0.650. The largest absolute Gasteiger partial charge is 0.355 e. The van der Waals surface area contributed by atoms with E-state index in [0.29, 0.717) is 24.0 Å². The van der Waals surface area contributed by atoms with E-state index in [0.717, 1.165) is 55.2 Å². The maximum absolute atomic E-state index is 13.3. The first-order valence-corrected chi connectivity index (χ1v) is 11.9. The zero-order valence-corrected chi connectivity index (χ0v) is 17.9. The number of aryl methyl sites for hydroxylation is 2. The highest BCUT2D eigenvalue weighted by atomic mass is 32.2. The summed E-state index contributed by atoms with van der Waals surface area (Å²) in [4.78, 5) is 32.3. The van der Waals surface area contributed by atoms with Crippen molar-refractivity contribution in [1.29, 1.82) is 0 Å². The van der Waals surface area contributed by atoms with Crippen LogP contribution in [0, 0.1) is 0 Å². The Morgan fingerprint density at radius 1 is 1.22 bits per heavy atom. The van der Waals surface area contributed by atoms with Crippen LogP contribution in [0.2, 0.25) is 0 Å². The Morgan fingerprint density at radius 3 is 2.81 bits per heavy atom. The van der Waals surface area contributed by atoms with Gasteiger partial charge in [-0.15, -0.1) is 11.3 Å². The molecule has 2 aromatic heterocycles. The Morgan fingerprint density at radius 2 is 2.04 bits per heavy atom. The van der Waals surface area contributed by atoms with Crippen molar-refractivity contribution in [2.75, 3.05) is 12.3 Å². The molecule has 0 atom stereocenters. The third-order valence-electron chi connectivity index (χ3n) is 4.93. The maximum atomic E-state index is 13.3. The predicted molar refractivity (Wildman–Crippen MR) is 114 cm³/mol. The van der Waals surface area contributed by atoms with Crippen molar-refractivity contribution in [3.8, 4) is 0 Å². The molecule has 2 aromatic rings. The van der Waals surface area contributed by atoms with Gasteiger partial charge in [0.05, 0.1) is 11.1 Å². The van der Waals surface area contributed by atoms with E-state index in [2.05, 4.69) is 12.2 Å². The molecule has 0 saturated heterocycles. The normalized spacial score (nSPS) is 13.7. The molecule has 0 fully saturated rings. The van der Waals surface area contributed by atoms with Crippen molar-refractivity contribution in [2.45, 2.75) is 76.9 Å². The molecule has 0 radical (unpaired) electrons. The summed E-state index contributed by atoms with van der Waals surface area (Å²) in [6, 6.07) is 0. The van der Waals surface area contributed by atoms with Gasteiger partial charge in [-0.05, 0) is 44.1 Å². The Hall–Kier alpha value is -1.34. The van der Waals surface area contributed by atoms with Crippen molar-refractivity contribution in [3.63, 3.8) is 0 Å². The highest BCUT2D eigenvalue weighted by molar-refractivity contribution is 7.99. The molecular weight excluding hydrogens is 378 g/mol. The summed E-state index contributed by atoms with van der Waals surface area (Å²) >= 11 is 3.06. The second-order valence-corrected chi connectivity index (χ2v) is 9.11. The molecule has 1 aliphatic carbocycles. The van der Waals surface area contributed by atoms with Crippen LogP contribution in [0.4, 0.5) is 0 Å². The molecule has 0 saturated carbocycles. The number of thiophene rings is 1. The average molecular weight is 408 g/mol. The second kappa shape index (κ2) is 9.73. The molecule has 0 aliphatic heterocycles. The van der Waals surface area contributed by atoms with Gasteiger partial charge in [-0.1, -0.05) is 38.5 Å². The molecular formula is C20H29N3O2S2. The fourth-order valence-electron chi connectivity index (χ4n) is 3.49. The number of amides is 1. The third kappa shape index (κ3) is 4.74. The summed E-state index contributed by atoms with van der Waals surface area (Å²) < 4.78 is 1.82. The maximum Gasteiger partial charge on any atom is 0.263 e. The number of thioether (sulfide) groups is 1. The number of unbranched alkanes of at least 4 members (excludes halogenated alkanes) is 2. The second-order valence-electron chi connectivity index (χ2n) is 7.09. The number of nitrogens with one attached hydrogen (secondary N) is 1.